The molecule has 2 fully saturated rings. The summed E-state index contributed by atoms with van der Waals surface area (Å²) in [6.07, 6.45) is 4.92. The van der Waals surface area contributed by atoms with Gasteiger partial charge in [-0.25, -0.2) is 0 Å². The fourth-order valence-electron chi connectivity index (χ4n) is 2.97. The molecule has 3 heteroatoms. The number of ether oxygens (including phenoxy) is 1. The zero-order chi connectivity index (χ0) is 14.3. The van der Waals surface area contributed by atoms with E-state index in [1.807, 2.05) is 19.1 Å². The Labute approximate surface area is 120 Å². The number of aliphatic carboxylic acids is 1. The molecule has 0 atom stereocenters. The summed E-state index contributed by atoms with van der Waals surface area (Å²) in [6.45, 7) is 4.82. The van der Waals surface area contributed by atoms with Gasteiger partial charge in [-0.2, -0.15) is 0 Å². The zero-order valence-electron chi connectivity index (χ0n) is 12.2. The molecule has 2 aliphatic rings. The van der Waals surface area contributed by atoms with Crippen LogP contribution in [0, 0.1) is 19.8 Å². The molecule has 3 rings (SSSR count). The quantitative estimate of drug-likeness (QED) is 0.892. The van der Waals surface area contributed by atoms with Gasteiger partial charge in [-0.05, 0) is 56.6 Å². The Morgan fingerprint density at radius 3 is 2.55 bits per heavy atom. The Morgan fingerprint density at radius 2 is 2.05 bits per heavy atom. The van der Waals surface area contributed by atoms with Crippen molar-refractivity contribution in [2.24, 2.45) is 5.92 Å². The molecule has 1 aromatic carbocycles. The van der Waals surface area contributed by atoms with Crippen LogP contribution in [0.3, 0.4) is 0 Å². The highest BCUT2D eigenvalue weighted by molar-refractivity contribution is 5.84. The lowest BCUT2D eigenvalue weighted by molar-refractivity contribution is -0.147. The van der Waals surface area contributed by atoms with Crippen LogP contribution in [0.4, 0.5) is 0 Å². The smallest absolute Gasteiger partial charge is 0.314 e. The molecule has 108 valence electrons. The van der Waals surface area contributed by atoms with Crippen LogP contribution in [-0.4, -0.2) is 17.7 Å². The number of benzene rings is 1. The first-order chi connectivity index (χ1) is 9.54. The van der Waals surface area contributed by atoms with Gasteiger partial charge in [-0.15, -0.1) is 0 Å². The molecule has 0 amide bonds. The minimum absolute atomic E-state index is 0.671. The molecule has 0 aromatic heterocycles. The Balaban J connectivity index is 1.99. The molecule has 20 heavy (non-hydrogen) atoms. The van der Waals surface area contributed by atoms with E-state index in [0.717, 1.165) is 42.7 Å². The van der Waals surface area contributed by atoms with Crippen molar-refractivity contribution in [3.63, 3.8) is 0 Å². The SMILES string of the molecule is Cc1ccc(C2(C(=O)O)CCC2)c(OCC2CC2)c1C. The van der Waals surface area contributed by atoms with Gasteiger partial charge >= 0.3 is 5.97 Å². The number of rotatable bonds is 5. The minimum atomic E-state index is -0.711. The number of carboxylic acids is 1. The Bertz CT molecular complexity index is 539. The molecule has 0 unspecified atom stereocenters. The molecule has 2 saturated carbocycles. The summed E-state index contributed by atoms with van der Waals surface area (Å²) in [6, 6.07) is 4.00. The molecule has 3 nitrogen and oxygen atoms in total. The monoisotopic (exact) mass is 274 g/mol. The van der Waals surface area contributed by atoms with Gasteiger partial charge in [-0.3, -0.25) is 4.79 Å². The first-order valence-electron chi connectivity index (χ1n) is 7.51. The van der Waals surface area contributed by atoms with Crippen LogP contribution < -0.4 is 4.74 Å². The van der Waals surface area contributed by atoms with E-state index in [2.05, 4.69) is 6.92 Å². The van der Waals surface area contributed by atoms with E-state index in [-0.39, 0.29) is 0 Å². The van der Waals surface area contributed by atoms with E-state index >= 15 is 0 Å². The second kappa shape index (κ2) is 4.80. The summed E-state index contributed by atoms with van der Waals surface area (Å²) in [5.41, 5.74) is 2.44. The van der Waals surface area contributed by atoms with Crippen molar-refractivity contribution < 1.29 is 14.6 Å². The maximum atomic E-state index is 11.7. The molecule has 0 saturated heterocycles. The maximum absolute atomic E-state index is 11.7. The lowest BCUT2D eigenvalue weighted by Gasteiger charge is -2.39. The molecule has 2 aliphatic carbocycles. The van der Waals surface area contributed by atoms with Crippen LogP contribution in [0.1, 0.15) is 48.8 Å². The minimum Gasteiger partial charge on any atom is -0.493 e. The van der Waals surface area contributed by atoms with Gasteiger partial charge < -0.3 is 9.84 Å². The van der Waals surface area contributed by atoms with Crippen molar-refractivity contribution >= 4 is 5.97 Å². The zero-order valence-corrected chi connectivity index (χ0v) is 12.2. The van der Waals surface area contributed by atoms with Crippen molar-refractivity contribution in [2.45, 2.75) is 51.4 Å². The second-order valence-electron chi connectivity index (χ2n) is 6.38. The summed E-state index contributed by atoms with van der Waals surface area (Å²) in [7, 11) is 0. The molecule has 0 spiro atoms. The van der Waals surface area contributed by atoms with Crippen LogP contribution in [0.15, 0.2) is 12.1 Å². The highest BCUT2D eigenvalue weighted by Crippen LogP contribution is 2.49. The molecular weight excluding hydrogens is 252 g/mol. The third-order valence-corrected chi connectivity index (χ3v) is 4.97. The average Bonchev–Trinajstić information content (AvgIpc) is 3.15. The van der Waals surface area contributed by atoms with Gasteiger partial charge in [0.2, 0.25) is 0 Å². The van der Waals surface area contributed by atoms with Crippen molar-refractivity contribution in [1.82, 2.24) is 0 Å². The summed E-state index contributed by atoms with van der Waals surface area (Å²) in [5.74, 6) is 0.798. The highest BCUT2D eigenvalue weighted by Gasteiger charge is 2.48. The van der Waals surface area contributed by atoms with Crippen molar-refractivity contribution in [1.29, 1.82) is 0 Å². The van der Waals surface area contributed by atoms with Crippen LogP contribution in [0.25, 0.3) is 0 Å². The predicted molar refractivity (Wildman–Crippen MR) is 77.3 cm³/mol. The maximum Gasteiger partial charge on any atom is 0.314 e. The van der Waals surface area contributed by atoms with Gasteiger partial charge in [0.15, 0.2) is 0 Å². The third-order valence-electron chi connectivity index (χ3n) is 4.97. The molecule has 1 aromatic rings. The largest absolute Gasteiger partial charge is 0.493 e. The van der Waals surface area contributed by atoms with E-state index in [1.165, 1.54) is 18.4 Å². The first-order valence-corrected chi connectivity index (χ1v) is 7.51. The van der Waals surface area contributed by atoms with Gasteiger partial charge in [0.25, 0.3) is 0 Å². The van der Waals surface area contributed by atoms with Crippen molar-refractivity contribution in [3.8, 4) is 5.75 Å². The summed E-state index contributed by atoms with van der Waals surface area (Å²) >= 11 is 0. The average molecular weight is 274 g/mol. The van der Waals surface area contributed by atoms with Crippen LogP contribution in [-0.2, 0) is 10.2 Å². The number of carboxylic acid groups (broad SMARTS) is 1. The lowest BCUT2D eigenvalue weighted by Crippen LogP contribution is -2.42. The van der Waals surface area contributed by atoms with Gasteiger partial charge in [0.05, 0.1) is 12.0 Å². The third kappa shape index (κ3) is 2.09. The molecular formula is C17H22O3. The Kier molecular flexibility index (Phi) is 3.23. The lowest BCUT2D eigenvalue weighted by atomic mass is 9.64. The fraction of sp³-hybridized carbons (Fsp3) is 0.588. The Morgan fingerprint density at radius 1 is 1.35 bits per heavy atom. The fourth-order valence-corrected chi connectivity index (χ4v) is 2.97. The summed E-state index contributed by atoms with van der Waals surface area (Å²) < 4.78 is 6.04. The molecule has 0 heterocycles. The first kappa shape index (κ1) is 13.5. The standard InChI is InChI=1S/C17H22O3/c1-11-4-7-14(17(16(18)19)8-3-9-17)15(12(11)2)20-10-13-5-6-13/h4,7,13H,3,5-6,8-10H2,1-2H3,(H,18,19). The highest BCUT2D eigenvalue weighted by atomic mass is 16.5. The topological polar surface area (TPSA) is 46.5 Å². The predicted octanol–water partition coefficient (Wildman–Crippen LogP) is 3.60. The van der Waals surface area contributed by atoms with E-state index in [4.69, 9.17) is 4.74 Å². The van der Waals surface area contributed by atoms with Crippen LogP contribution >= 0.6 is 0 Å². The van der Waals surface area contributed by atoms with Crippen molar-refractivity contribution in [2.75, 3.05) is 6.61 Å². The van der Waals surface area contributed by atoms with E-state index < -0.39 is 11.4 Å². The molecule has 0 radical (unpaired) electrons. The van der Waals surface area contributed by atoms with E-state index in [9.17, 15) is 9.90 Å². The van der Waals surface area contributed by atoms with E-state index in [1.54, 1.807) is 0 Å². The van der Waals surface area contributed by atoms with Gasteiger partial charge in [0.1, 0.15) is 5.75 Å². The number of hydrogen-bond donors (Lipinski definition) is 1. The molecule has 0 aliphatic heterocycles. The number of carbonyl (C=O) groups is 1. The van der Waals surface area contributed by atoms with Crippen LogP contribution in [0.2, 0.25) is 0 Å². The van der Waals surface area contributed by atoms with Gasteiger partial charge in [-0.1, -0.05) is 18.6 Å². The molecule has 1 N–H and O–H groups in total. The normalized spacial score (nSPS) is 20.3. The Hall–Kier alpha value is -1.51. The number of aryl methyl sites for hydroxylation is 1. The number of hydrogen-bond acceptors (Lipinski definition) is 2. The van der Waals surface area contributed by atoms with E-state index in [0.29, 0.717) is 5.92 Å². The second-order valence-corrected chi connectivity index (χ2v) is 6.38. The van der Waals surface area contributed by atoms with Gasteiger partial charge in [0, 0.05) is 5.56 Å². The van der Waals surface area contributed by atoms with Crippen LogP contribution in [0.5, 0.6) is 5.75 Å². The summed E-state index contributed by atoms with van der Waals surface area (Å²) in [5, 5.41) is 9.66. The summed E-state index contributed by atoms with van der Waals surface area (Å²) in [4.78, 5) is 11.7. The molecule has 0 bridgehead atoms. The van der Waals surface area contributed by atoms with Crippen molar-refractivity contribution in [3.05, 3.63) is 28.8 Å².